The van der Waals surface area contributed by atoms with Gasteiger partial charge in [0.25, 0.3) is 0 Å². The molecule has 0 aromatic carbocycles. The molecule has 0 fully saturated rings. The van der Waals surface area contributed by atoms with E-state index in [0.717, 1.165) is 13.0 Å². The zero-order chi connectivity index (χ0) is 16.0. The summed E-state index contributed by atoms with van der Waals surface area (Å²) in [4.78, 5) is 4.81. The smallest absolute Gasteiger partial charge is 0.0698 e. The van der Waals surface area contributed by atoms with Crippen molar-refractivity contribution < 1.29 is 4.84 Å². The lowest BCUT2D eigenvalue weighted by atomic mass is 10.1. The van der Waals surface area contributed by atoms with Crippen molar-refractivity contribution in [2.24, 2.45) is 5.84 Å². The number of hydrogen-bond donors (Lipinski definition) is 2. The second-order valence-electron chi connectivity index (χ2n) is 5.86. The monoisotopic (exact) mass is 302 g/mol. The Hall–Kier alpha value is -0.120. The molecule has 3 heteroatoms. The first-order valence-corrected chi connectivity index (χ1v) is 9.40. The molecule has 3 nitrogen and oxygen atoms in total. The van der Waals surface area contributed by atoms with E-state index >= 15 is 0 Å². The molecule has 0 aliphatic rings. The van der Waals surface area contributed by atoms with Crippen LogP contribution in [0.4, 0.5) is 0 Å². The molecule has 130 valence electrons. The molecule has 0 aliphatic heterocycles. The molecule has 0 unspecified atom stereocenters. The quantitative estimate of drug-likeness (QED) is 0.225. The van der Waals surface area contributed by atoms with Crippen molar-refractivity contribution in [2.45, 2.75) is 111 Å². The van der Waals surface area contributed by atoms with E-state index in [4.69, 9.17) is 10.7 Å². The Morgan fingerprint density at radius 3 is 1.24 bits per heavy atom. The summed E-state index contributed by atoms with van der Waals surface area (Å²) in [6.07, 6.45) is 19.1. The minimum absolute atomic E-state index is 0.728. The molecule has 0 heterocycles. The first-order chi connectivity index (χ1) is 10.3. The topological polar surface area (TPSA) is 47.3 Å². The third kappa shape index (κ3) is 28.7. The van der Waals surface area contributed by atoms with Crippen LogP contribution in [-0.4, -0.2) is 6.61 Å². The van der Waals surface area contributed by atoms with Crippen LogP contribution in [0.25, 0.3) is 0 Å². The Balaban J connectivity index is 0. The zero-order valence-corrected chi connectivity index (χ0v) is 15.1. The summed E-state index contributed by atoms with van der Waals surface area (Å²) in [6.45, 7) is 7.49. The summed E-state index contributed by atoms with van der Waals surface area (Å²) in [5.74, 6) is 4.95. The predicted molar refractivity (Wildman–Crippen MR) is 94.9 cm³/mol. The molecule has 0 bridgehead atoms. The van der Waals surface area contributed by atoms with Crippen LogP contribution in [-0.2, 0) is 4.84 Å². The molecule has 0 saturated heterocycles. The van der Waals surface area contributed by atoms with Crippen molar-refractivity contribution in [3.63, 3.8) is 0 Å². The molecule has 0 spiro atoms. The molecular formula is C18H42N2O. The fraction of sp³-hybridized carbons (Fsp3) is 1.00. The van der Waals surface area contributed by atoms with Gasteiger partial charge in [0.15, 0.2) is 0 Å². The number of unbranched alkanes of at least 4 members (excludes halogenated alkanes) is 12. The van der Waals surface area contributed by atoms with Gasteiger partial charge >= 0.3 is 0 Å². The zero-order valence-electron chi connectivity index (χ0n) is 15.1. The van der Waals surface area contributed by atoms with Gasteiger partial charge in [-0.2, -0.15) is 0 Å². The Kier molecular flexibility index (Phi) is 27.4. The fourth-order valence-corrected chi connectivity index (χ4v) is 2.22. The molecule has 0 aliphatic carbocycles. The number of hydrogen-bond acceptors (Lipinski definition) is 3. The summed E-state index contributed by atoms with van der Waals surface area (Å²) in [5.41, 5.74) is 2.19. The summed E-state index contributed by atoms with van der Waals surface area (Å²) >= 11 is 0. The standard InChI is InChI=1S/C10H24N2O.C8H18/c1-2-3-4-5-6-7-8-9-10-13-12-11;1-3-5-7-8-6-4-2/h12H,2-11H2,1H3;3-8H2,1-2H3. The lowest BCUT2D eigenvalue weighted by Gasteiger charge is -2.01. The van der Waals surface area contributed by atoms with Gasteiger partial charge in [0.2, 0.25) is 0 Å². The van der Waals surface area contributed by atoms with E-state index in [9.17, 15) is 0 Å². The number of hydrazine groups is 1. The van der Waals surface area contributed by atoms with E-state index in [1.54, 1.807) is 0 Å². The van der Waals surface area contributed by atoms with Crippen LogP contribution in [0.15, 0.2) is 0 Å². The average molecular weight is 303 g/mol. The third-order valence-corrected chi connectivity index (χ3v) is 3.64. The minimum Gasteiger partial charge on any atom is -0.287 e. The van der Waals surface area contributed by atoms with Crippen LogP contribution in [0.2, 0.25) is 0 Å². The minimum atomic E-state index is 0.728. The highest BCUT2D eigenvalue weighted by Crippen LogP contribution is 2.08. The molecule has 21 heavy (non-hydrogen) atoms. The number of nitrogens with two attached hydrogens (primary N) is 1. The van der Waals surface area contributed by atoms with Crippen molar-refractivity contribution in [1.29, 1.82) is 0 Å². The number of rotatable bonds is 15. The second-order valence-corrected chi connectivity index (χ2v) is 5.86. The van der Waals surface area contributed by atoms with Gasteiger partial charge in [-0.05, 0) is 6.42 Å². The van der Waals surface area contributed by atoms with Crippen molar-refractivity contribution in [3.8, 4) is 0 Å². The Morgan fingerprint density at radius 1 is 0.571 bits per heavy atom. The maximum Gasteiger partial charge on any atom is 0.0698 e. The van der Waals surface area contributed by atoms with E-state index < -0.39 is 0 Å². The SMILES string of the molecule is CCCCCCCC.CCCCCCCCCCONN. The van der Waals surface area contributed by atoms with Crippen LogP contribution in [0.5, 0.6) is 0 Å². The second kappa shape index (κ2) is 24.9. The molecule has 0 radical (unpaired) electrons. The van der Waals surface area contributed by atoms with E-state index in [2.05, 4.69) is 26.4 Å². The average Bonchev–Trinajstić information content (AvgIpc) is 2.51. The first kappa shape index (κ1) is 23.2. The lowest BCUT2D eigenvalue weighted by molar-refractivity contribution is 0.0385. The lowest BCUT2D eigenvalue weighted by Crippen LogP contribution is -2.22. The highest BCUT2D eigenvalue weighted by molar-refractivity contribution is 4.45. The highest BCUT2D eigenvalue weighted by atomic mass is 16.7. The van der Waals surface area contributed by atoms with E-state index in [0.29, 0.717) is 0 Å². The van der Waals surface area contributed by atoms with Crippen LogP contribution in [0.3, 0.4) is 0 Å². The number of nitrogens with one attached hydrogen (secondary N) is 1. The van der Waals surface area contributed by atoms with E-state index in [1.165, 1.54) is 83.5 Å². The molecule has 0 aromatic rings. The summed E-state index contributed by atoms with van der Waals surface area (Å²) in [5, 5.41) is 0. The van der Waals surface area contributed by atoms with Gasteiger partial charge < -0.3 is 0 Å². The largest absolute Gasteiger partial charge is 0.287 e. The maximum absolute atomic E-state index is 4.95. The molecule has 0 saturated carbocycles. The Morgan fingerprint density at radius 2 is 0.905 bits per heavy atom. The van der Waals surface area contributed by atoms with E-state index in [-0.39, 0.29) is 0 Å². The van der Waals surface area contributed by atoms with Gasteiger partial charge in [-0.25, -0.2) is 5.84 Å². The van der Waals surface area contributed by atoms with Gasteiger partial charge in [0.05, 0.1) is 6.61 Å². The van der Waals surface area contributed by atoms with Crippen LogP contribution in [0, 0.1) is 0 Å². The maximum atomic E-state index is 4.95. The van der Waals surface area contributed by atoms with Crippen LogP contribution >= 0.6 is 0 Å². The molecule has 0 atom stereocenters. The third-order valence-electron chi connectivity index (χ3n) is 3.64. The van der Waals surface area contributed by atoms with Gasteiger partial charge in [-0.3, -0.25) is 4.84 Å². The van der Waals surface area contributed by atoms with Crippen molar-refractivity contribution in [3.05, 3.63) is 0 Å². The molecular weight excluding hydrogens is 260 g/mol. The van der Waals surface area contributed by atoms with Crippen LogP contribution < -0.4 is 11.4 Å². The summed E-state index contributed by atoms with van der Waals surface area (Å²) < 4.78 is 0. The van der Waals surface area contributed by atoms with E-state index in [1.807, 2.05) is 0 Å². The summed E-state index contributed by atoms with van der Waals surface area (Å²) in [7, 11) is 0. The Bertz CT molecular complexity index is 138. The van der Waals surface area contributed by atoms with Crippen LogP contribution in [0.1, 0.15) is 111 Å². The fourth-order valence-electron chi connectivity index (χ4n) is 2.22. The van der Waals surface area contributed by atoms with Crippen molar-refractivity contribution in [1.82, 2.24) is 5.59 Å². The molecule has 0 aromatic heterocycles. The predicted octanol–water partition coefficient (Wildman–Crippen LogP) is 5.89. The van der Waals surface area contributed by atoms with Crippen molar-refractivity contribution >= 4 is 0 Å². The van der Waals surface area contributed by atoms with Gasteiger partial charge in [-0.15, -0.1) is 5.59 Å². The highest BCUT2D eigenvalue weighted by Gasteiger charge is 1.91. The van der Waals surface area contributed by atoms with Crippen molar-refractivity contribution in [2.75, 3.05) is 6.61 Å². The van der Waals surface area contributed by atoms with Gasteiger partial charge in [-0.1, -0.05) is 104 Å². The molecule has 0 rings (SSSR count). The summed E-state index contributed by atoms with van der Waals surface area (Å²) in [6, 6.07) is 0. The van der Waals surface area contributed by atoms with Gasteiger partial charge in [0, 0.05) is 0 Å². The molecule has 3 N–H and O–H groups in total. The Labute approximate surface area is 134 Å². The normalized spacial score (nSPS) is 10.3. The van der Waals surface area contributed by atoms with Gasteiger partial charge in [0.1, 0.15) is 0 Å². The first-order valence-electron chi connectivity index (χ1n) is 9.40. The molecule has 0 amide bonds.